The van der Waals surface area contributed by atoms with Crippen molar-refractivity contribution in [1.29, 1.82) is 0 Å². The Balaban J connectivity index is 0.00000338. The molecule has 0 spiro atoms. The Hall–Kier alpha value is -1.02. The number of methoxy groups -OCH3 is 1. The number of halogens is 1. The molecule has 1 aliphatic rings. The number of benzene rings is 1. The summed E-state index contributed by atoms with van der Waals surface area (Å²) in [5.41, 5.74) is 1.66. The molecule has 0 unspecified atom stereocenters. The van der Waals surface area contributed by atoms with E-state index in [9.17, 15) is 0 Å². The van der Waals surface area contributed by atoms with Crippen molar-refractivity contribution in [2.24, 2.45) is 10.4 Å². The van der Waals surface area contributed by atoms with Gasteiger partial charge < -0.3 is 20.1 Å². The van der Waals surface area contributed by atoms with Gasteiger partial charge in [0, 0.05) is 40.3 Å². The van der Waals surface area contributed by atoms with Crippen LogP contribution < -0.4 is 15.4 Å². The highest BCUT2D eigenvalue weighted by atomic mass is 127. The third-order valence-corrected chi connectivity index (χ3v) is 5.14. The Morgan fingerprint density at radius 1 is 1.23 bits per heavy atom. The highest BCUT2D eigenvalue weighted by Crippen LogP contribution is 2.42. The van der Waals surface area contributed by atoms with Gasteiger partial charge in [-0.05, 0) is 42.4 Å². The lowest BCUT2D eigenvalue weighted by atomic mass is 9.67. The van der Waals surface area contributed by atoms with Crippen molar-refractivity contribution in [3.63, 3.8) is 0 Å². The first-order valence-electron chi connectivity index (χ1n) is 9.36. The fraction of sp³-hybridized carbons (Fsp3) is 0.650. The summed E-state index contributed by atoms with van der Waals surface area (Å²) >= 11 is 0. The van der Waals surface area contributed by atoms with E-state index < -0.39 is 0 Å². The van der Waals surface area contributed by atoms with Gasteiger partial charge >= 0.3 is 0 Å². The lowest BCUT2D eigenvalue weighted by molar-refractivity contribution is 0.131. The van der Waals surface area contributed by atoms with Gasteiger partial charge in [0.1, 0.15) is 5.75 Å². The molecule has 1 aliphatic carbocycles. The van der Waals surface area contributed by atoms with Crippen LogP contribution in [0.4, 0.5) is 0 Å². The van der Waals surface area contributed by atoms with E-state index in [1.54, 1.807) is 7.11 Å². The number of nitrogens with one attached hydrogen (secondary N) is 2. The van der Waals surface area contributed by atoms with Gasteiger partial charge in [-0.2, -0.15) is 0 Å². The van der Waals surface area contributed by atoms with Crippen molar-refractivity contribution in [3.8, 4) is 5.75 Å². The summed E-state index contributed by atoms with van der Waals surface area (Å²) in [5, 5.41) is 6.89. The summed E-state index contributed by atoms with van der Waals surface area (Å²) < 4.78 is 10.8. The molecular weight excluding hydrogens is 441 g/mol. The largest absolute Gasteiger partial charge is 0.493 e. The first-order valence-corrected chi connectivity index (χ1v) is 9.36. The van der Waals surface area contributed by atoms with E-state index in [-0.39, 0.29) is 24.0 Å². The molecule has 1 fully saturated rings. The van der Waals surface area contributed by atoms with Crippen LogP contribution in [0.1, 0.15) is 44.6 Å². The molecule has 148 valence electrons. The van der Waals surface area contributed by atoms with E-state index in [4.69, 9.17) is 9.47 Å². The zero-order valence-electron chi connectivity index (χ0n) is 16.3. The van der Waals surface area contributed by atoms with Gasteiger partial charge in [-0.25, -0.2) is 0 Å². The highest BCUT2D eigenvalue weighted by molar-refractivity contribution is 14.0. The molecule has 2 rings (SSSR count). The van der Waals surface area contributed by atoms with Crippen LogP contribution in [0, 0.1) is 5.41 Å². The Bertz CT molecular complexity index is 542. The predicted octanol–water partition coefficient (Wildman–Crippen LogP) is 3.97. The molecule has 1 saturated carbocycles. The van der Waals surface area contributed by atoms with Gasteiger partial charge in [0.15, 0.2) is 5.96 Å². The van der Waals surface area contributed by atoms with Crippen molar-refractivity contribution in [1.82, 2.24) is 10.6 Å². The number of hydrogen-bond donors (Lipinski definition) is 2. The van der Waals surface area contributed by atoms with Crippen LogP contribution in [-0.2, 0) is 11.3 Å². The molecule has 6 heteroatoms. The minimum atomic E-state index is 0. The van der Waals surface area contributed by atoms with Gasteiger partial charge in [0.2, 0.25) is 0 Å². The Kier molecular flexibility index (Phi) is 11.0. The van der Waals surface area contributed by atoms with Gasteiger partial charge in [0.25, 0.3) is 0 Å². The molecule has 26 heavy (non-hydrogen) atoms. The third-order valence-electron chi connectivity index (χ3n) is 5.14. The molecule has 0 aromatic heterocycles. The normalized spacial score (nSPS) is 15.6. The van der Waals surface area contributed by atoms with E-state index in [0.717, 1.165) is 37.8 Å². The molecule has 5 nitrogen and oxygen atoms in total. The maximum atomic E-state index is 5.76. The van der Waals surface area contributed by atoms with Crippen LogP contribution in [0.25, 0.3) is 0 Å². The van der Waals surface area contributed by atoms with Crippen molar-refractivity contribution in [3.05, 3.63) is 29.8 Å². The molecule has 0 bridgehead atoms. The third kappa shape index (κ3) is 7.31. The van der Waals surface area contributed by atoms with Crippen molar-refractivity contribution >= 4 is 29.9 Å². The summed E-state index contributed by atoms with van der Waals surface area (Å²) in [6.45, 7) is 5.42. The maximum absolute atomic E-state index is 5.76. The Morgan fingerprint density at radius 3 is 2.65 bits per heavy atom. The number of nitrogens with zero attached hydrogens (tertiary/aromatic N) is 1. The molecule has 2 N–H and O–H groups in total. The maximum Gasteiger partial charge on any atom is 0.191 e. The van der Waals surface area contributed by atoms with Crippen molar-refractivity contribution < 1.29 is 9.47 Å². The number of ether oxygens (including phenoxy) is 2. The van der Waals surface area contributed by atoms with Crippen LogP contribution in [0.5, 0.6) is 5.75 Å². The van der Waals surface area contributed by atoms with Crippen LogP contribution in [-0.4, -0.2) is 39.9 Å². The van der Waals surface area contributed by atoms with Crippen LogP contribution in [0.3, 0.4) is 0 Å². The molecule has 0 heterocycles. The molecule has 0 amide bonds. The number of aliphatic imine (C=N–C) groups is 1. The molecular formula is C20H34IN3O2. The first-order chi connectivity index (χ1) is 12.2. The number of hydrogen-bond acceptors (Lipinski definition) is 3. The van der Waals surface area contributed by atoms with Crippen LogP contribution in [0.2, 0.25) is 0 Å². The average Bonchev–Trinajstić information content (AvgIpc) is 2.61. The second-order valence-corrected chi connectivity index (χ2v) is 6.83. The number of guanidine groups is 1. The van der Waals surface area contributed by atoms with E-state index in [0.29, 0.717) is 12.0 Å². The van der Waals surface area contributed by atoms with E-state index in [2.05, 4.69) is 34.7 Å². The fourth-order valence-corrected chi connectivity index (χ4v) is 3.15. The van der Waals surface area contributed by atoms with Gasteiger partial charge in [-0.15, -0.1) is 24.0 Å². The standard InChI is InChI=1S/C20H33N3O2.HI/c1-4-20(10-6-11-20)16-23-19(21-2)22-15-17-8-5-9-18(14-17)25-13-7-12-24-3;/h5,8-9,14H,4,6-7,10-13,15-16H2,1-3H3,(H2,21,22,23);1H. The first kappa shape index (κ1) is 23.0. The van der Waals surface area contributed by atoms with E-state index in [1.807, 2.05) is 19.2 Å². The summed E-state index contributed by atoms with van der Waals surface area (Å²) in [4.78, 5) is 4.34. The second kappa shape index (κ2) is 12.4. The predicted molar refractivity (Wildman–Crippen MR) is 119 cm³/mol. The molecule has 0 atom stereocenters. The van der Waals surface area contributed by atoms with Gasteiger partial charge in [-0.1, -0.05) is 25.5 Å². The topological polar surface area (TPSA) is 54.9 Å². The molecule has 0 radical (unpaired) electrons. The monoisotopic (exact) mass is 475 g/mol. The lowest BCUT2D eigenvalue weighted by Gasteiger charge is -2.41. The van der Waals surface area contributed by atoms with Crippen LogP contribution >= 0.6 is 24.0 Å². The molecule has 0 saturated heterocycles. The molecule has 1 aromatic rings. The van der Waals surface area contributed by atoms with Gasteiger partial charge in [-0.3, -0.25) is 4.99 Å². The zero-order valence-corrected chi connectivity index (χ0v) is 18.7. The quantitative estimate of drug-likeness (QED) is 0.233. The molecule has 1 aromatic carbocycles. The van der Waals surface area contributed by atoms with E-state index in [1.165, 1.54) is 31.2 Å². The van der Waals surface area contributed by atoms with Crippen molar-refractivity contribution in [2.45, 2.75) is 45.6 Å². The minimum absolute atomic E-state index is 0. The second-order valence-electron chi connectivity index (χ2n) is 6.83. The zero-order chi connectivity index (χ0) is 18.0. The summed E-state index contributed by atoms with van der Waals surface area (Å²) in [6.07, 6.45) is 6.15. The van der Waals surface area contributed by atoms with Gasteiger partial charge in [0.05, 0.1) is 6.61 Å². The summed E-state index contributed by atoms with van der Waals surface area (Å²) in [7, 11) is 3.53. The average molecular weight is 475 g/mol. The smallest absolute Gasteiger partial charge is 0.191 e. The number of rotatable bonds is 10. The Labute approximate surface area is 175 Å². The van der Waals surface area contributed by atoms with Crippen LogP contribution in [0.15, 0.2) is 29.3 Å². The lowest BCUT2D eigenvalue weighted by Crippen LogP contribution is -2.46. The summed E-state index contributed by atoms with van der Waals surface area (Å²) in [6, 6.07) is 8.19. The summed E-state index contributed by atoms with van der Waals surface area (Å²) in [5.74, 6) is 1.77. The fourth-order valence-electron chi connectivity index (χ4n) is 3.15. The SMILES string of the molecule is CCC1(CNC(=NC)NCc2cccc(OCCCOC)c2)CCC1.I. The Morgan fingerprint density at radius 2 is 2.04 bits per heavy atom. The van der Waals surface area contributed by atoms with Crippen molar-refractivity contribution in [2.75, 3.05) is 33.9 Å². The molecule has 0 aliphatic heterocycles. The minimum Gasteiger partial charge on any atom is -0.493 e. The van der Waals surface area contributed by atoms with E-state index >= 15 is 0 Å². The highest BCUT2D eigenvalue weighted by Gasteiger charge is 2.34.